The lowest BCUT2D eigenvalue weighted by atomic mass is 10.1. The summed E-state index contributed by atoms with van der Waals surface area (Å²) in [6.07, 6.45) is 1.42. The van der Waals surface area contributed by atoms with Gasteiger partial charge in [-0.1, -0.05) is 52.3 Å². The van der Waals surface area contributed by atoms with E-state index in [9.17, 15) is 4.79 Å². The van der Waals surface area contributed by atoms with Crippen LogP contribution >= 0.6 is 15.9 Å². The van der Waals surface area contributed by atoms with Gasteiger partial charge in [-0.15, -0.1) is 0 Å². The molecule has 0 amide bonds. The van der Waals surface area contributed by atoms with Crippen LogP contribution in [0.3, 0.4) is 0 Å². The van der Waals surface area contributed by atoms with Crippen molar-refractivity contribution in [3.05, 3.63) is 98.0 Å². The van der Waals surface area contributed by atoms with Gasteiger partial charge in [0.25, 0.3) is 0 Å². The molecule has 4 nitrogen and oxygen atoms in total. The van der Waals surface area contributed by atoms with Gasteiger partial charge in [-0.2, -0.15) is 0 Å². The van der Waals surface area contributed by atoms with Gasteiger partial charge in [0.15, 0.2) is 0 Å². The quantitative estimate of drug-likeness (QED) is 0.619. The molecule has 3 aromatic rings. The van der Waals surface area contributed by atoms with Crippen LogP contribution in [0.25, 0.3) is 0 Å². The van der Waals surface area contributed by atoms with Gasteiger partial charge in [0.05, 0.1) is 6.54 Å². The Labute approximate surface area is 160 Å². The maximum Gasteiger partial charge on any atom is 0.227 e. The first kappa shape index (κ1) is 17.1. The molecule has 5 heteroatoms. The molecule has 1 aliphatic rings. The molecule has 0 aliphatic carbocycles. The Morgan fingerprint density at radius 3 is 2.38 bits per heavy atom. The normalized spacial score (nSPS) is 13.6. The van der Waals surface area contributed by atoms with Crippen molar-refractivity contribution >= 4 is 15.9 Å². The second kappa shape index (κ2) is 7.48. The molecule has 0 fully saturated rings. The third-order valence-corrected chi connectivity index (χ3v) is 4.97. The van der Waals surface area contributed by atoms with E-state index in [2.05, 4.69) is 45.1 Å². The van der Waals surface area contributed by atoms with Crippen LogP contribution in [-0.4, -0.2) is 4.90 Å². The largest absolute Gasteiger partial charge is 0.482 e. The first-order chi connectivity index (χ1) is 12.7. The smallest absolute Gasteiger partial charge is 0.227 e. The molecule has 4 rings (SSSR count). The molecule has 0 spiro atoms. The lowest BCUT2D eigenvalue weighted by molar-refractivity contribution is 0.241. The maximum atomic E-state index is 12.3. The first-order valence-corrected chi connectivity index (χ1v) is 9.25. The van der Waals surface area contributed by atoms with E-state index < -0.39 is 0 Å². The summed E-state index contributed by atoms with van der Waals surface area (Å²) in [5.74, 6) is 0.889. The average Bonchev–Trinajstić information content (AvgIpc) is 3.04. The highest BCUT2D eigenvalue weighted by Gasteiger charge is 2.19. The minimum absolute atomic E-state index is 0.153. The number of halogens is 1. The molecular formula is C21H18BrNO3. The standard InChI is InChI=1S/C21H18BrNO3/c22-18-7-5-15(6-8-18)13-26-21-14-25-19(9-20(21)24)12-23-10-16-3-1-2-4-17(16)11-23/h1-9,14H,10-13H2. The maximum absolute atomic E-state index is 12.3. The lowest BCUT2D eigenvalue weighted by Crippen LogP contribution is -2.17. The van der Waals surface area contributed by atoms with Crippen molar-refractivity contribution in [1.82, 2.24) is 4.90 Å². The van der Waals surface area contributed by atoms with Gasteiger partial charge in [0, 0.05) is 23.6 Å². The van der Waals surface area contributed by atoms with Crippen LogP contribution in [-0.2, 0) is 26.2 Å². The van der Waals surface area contributed by atoms with Gasteiger partial charge in [-0.05, 0) is 28.8 Å². The molecule has 0 N–H and O–H groups in total. The molecule has 1 aliphatic heterocycles. The van der Waals surface area contributed by atoms with Crippen LogP contribution in [0.5, 0.6) is 5.75 Å². The van der Waals surface area contributed by atoms with Crippen molar-refractivity contribution in [1.29, 1.82) is 0 Å². The highest BCUT2D eigenvalue weighted by atomic mass is 79.9. The van der Waals surface area contributed by atoms with Crippen LogP contribution in [0.2, 0.25) is 0 Å². The molecule has 0 bridgehead atoms. The Bertz CT molecular complexity index is 940. The average molecular weight is 412 g/mol. The van der Waals surface area contributed by atoms with Crippen molar-refractivity contribution in [3.63, 3.8) is 0 Å². The Kier molecular flexibility index (Phi) is 4.91. The Balaban J connectivity index is 1.39. The summed E-state index contributed by atoms with van der Waals surface area (Å²) < 4.78 is 12.2. The van der Waals surface area contributed by atoms with E-state index >= 15 is 0 Å². The summed E-state index contributed by atoms with van der Waals surface area (Å²) in [6, 6.07) is 17.7. The van der Waals surface area contributed by atoms with Crippen molar-refractivity contribution in [2.24, 2.45) is 0 Å². The number of benzene rings is 2. The van der Waals surface area contributed by atoms with Crippen LogP contribution in [0.15, 0.2) is 74.5 Å². The number of rotatable bonds is 5. The zero-order chi connectivity index (χ0) is 17.9. The highest BCUT2D eigenvalue weighted by molar-refractivity contribution is 9.10. The molecule has 0 radical (unpaired) electrons. The van der Waals surface area contributed by atoms with Crippen LogP contribution in [0.4, 0.5) is 0 Å². The molecule has 0 unspecified atom stereocenters. The third kappa shape index (κ3) is 3.89. The molecule has 2 heterocycles. The zero-order valence-corrected chi connectivity index (χ0v) is 15.7. The Morgan fingerprint density at radius 2 is 1.73 bits per heavy atom. The summed E-state index contributed by atoms with van der Waals surface area (Å²) in [5, 5.41) is 0. The summed E-state index contributed by atoms with van der Waals surface area (Å²) in [6.45, 7) is 2.69. The summed E-state index contributed by atoms with van der Waals surface area (Å²) in [4.78, 5) is 14.6. The molecule has 26 heavy (non-hydrogen) atoms. The van der Waals surface area contributed by atoms with Gasteiger partial charge in [0.2, 0.25) is 11.2 Å². The van der Waals surface area contributed by atoms with Gasteiger partial charge in [-0.25, -0.2) is 0 Å². The fourth-order valence-corrected chi connectivity index (χ4v) is 3.37. The molecule has 0 saturated carbocycles. The van der Waals surface area contributed by atoms with Crippen molar-refractivity contribution in [2.45, 2.75) is 26.2 Å². The fourth-order valence-electron chi connectivity index (χ4n) is 3.10. The summed E-state index contributed by atoms with van der Waals surface area (Å²) in [7, 11) is 0. The number of hydrogen-bond acceptors (Lipinski definition) is 4. The molecule has 2 aromatic carbocycles. The predicted octanol–water partition coefficient (Wildman–Crippen LogP) is 4.50. The van der Waals surface area contributed by atoms with Gasteiger partial charge in [-0.3, -0.25) is 9.69 Å². The number of ether oxygens (including phenoxy) is 1. The third-order valence-electron chi connectivity index (χ3n) is 4.45. The number of nitrogens with zero attached hydrogens (tertiary/aromatic N) is 1. The van der Waals surface area contributed by atoms with Crippen molar-refractivity contribution < 1.29 is 9.15 Å². The molecular weight excluding hydrogens is 394 g/mol. The Hall–Kier alpha value is -2.37. The van der Waals surface area contributed by atoms with Gasteiger partial charge >= 0.3 is 0 Å². The number of hydrogen-bond donors (Lipinski definition) is 0. The predicted molar refractivity (Wildman–Crippen MR) is 103 cm³/mol. The van der Waals surface area contributed by atoms with Crippen molar-refractivity contribution in [2.75, 3.05) is 0 Å². The Morgan fingerprint density at radius 1 is 1.04 bits per heavy atom. The van der Waals surface area contributed by atoms with Gasteiger partial charge < -0.3 is 9.15 Å². The van der Waals surface area contributed by atoms with E-state index in [4.69, 9.17) is 9.15 Å². The van der Waals surface area contributed by atoms with Crippen LogP contribution in [0, 0.1) is 0 Å². The molecule has 132 valence electrons. The van der Waals surface area contributed by atoms with E-state index in [1.807, 2.05) is 24.3 Å². The zero-order valence-electron chi connectivity index (χ0n) is 14.2. The minimum Gasteiger partial charge on any atom is -0.482 e. The monoisotopic (exact) mass is 411 g/mol. The SMILES string of the molecule is O=c1cc(CN2Cc3ccccc3C2)occ1OCc1ccc(Br)cc1. The first-order valence-electron chi connectivity index (χ1n) is 8.45. The second-order valence-corrected chi connectivity index (χ2v) is 7.32. The summed E-state index contributed by atoms with van der Waals surface area (Å²) >= 11 is 3.40. The molecule has 0 atom stereocenters. The van der Waals surface area contributed by atoms with E-state index in [0.29, 0.717) is 18.9 Å². The second-order valence-electron chi connectivity index (χ2n) is 6.40. The van der Waals surface area contributed by atoms with Crippen molar-refractivity contribution in [3.8, 4) is 5.75 Å². The molecule has 1 aromatic heterocycles. The van der Waals surface area contributed by atoms with E-state index in [-0.39, 0.29) is 11.2 Å². The molecule has 0 saturated heterocycles. The minimum atomic E-state index is -0.153. The van der Waals surface area contributed by atoms with E-state index in [1.165, 1.54) is 23.5 Å². The van der Waals surface area contributed by atoms with Crippen LogP contribution < -0.4 is 10.2 Å². The fraction of sp³-hybridized carbons (Fsp3) is 0.190. The number of fused-ring (bicyclic) bond motifs is 1. The van der Waals surface area contributed by atoms with Gasteiger partial charge in [0.1, 0.15) is 18.6 Å². The highest BCUT2D eigenvalue weighted by Crippen LogP contribution is 2.24. The lowest BCUT2D eigenvalue weighted by Gasteiger charge is -2.14. The van der Waals surface area contributed by atoms with Crippen LogP contribution in [0.1, 0.15) is 22.5 Å². The summed E-state index contributed by atoms with van der Waals surface area (Å²) in [5.41, 5.74) is 3.51. The van der Waals surface area contributed by atoms with E-state index in [1.54, 1.807) is 0 Å². The van der Waals surface area contributed by atoms with E-state index in [0.717, 1.165) is 23.1 Å². The topological polar surface area (TPSA) is 42.7 Å².